The normalized spacial score (nSPS) is 12.1. The van der Waals surface area contributed by atoms with Crippen molar-refractivity contribution in [3.63, 3.8) is 0 Å². The maximum Gasteiger partial charge on any atom is 0.264 e. The van der Waals surface area contributed by atoms with Gasteiger partial charge in [0.15, 0.2) is 0 Å². The molecule has 1 aromatic carbocycles. The highest BCUT2D eigenvalue weighted by Crippen LogP contribution is 2.39. The minimum atomic E-state index is -0.304. The number of aromatic nitrogens is 2. The molecule has 5 nitrogen and oxygen atoms in total. The van der Waals surface area contributed by atoms with Crippen molar-refractivity contribution in [2.24, 2.45) is 0 Å². The Hall–Kier alpha value is -2.83. The van der Waals surface area contributed by atoms with E-state index in [0.717, 1.165) is 21.8 Å². The Balaban J connectivity index is 1.74. The van der Waals surface area contributed by atoms with Crippen LogP contribution in [0, 0.1) is 0 Å². The van der Waals surface area contributed by atoms with Gasteiger partial charge in [0, 0.05) is 29.9 Å². The van der Waals surface area contributed by atoms with Gasteiger partial charge in [-0.25, -0.2) is 4.98 Å². The summed E-state index contributed by atoms with van der Waals surface area (Å²) in [4.78, 5) is 18.3. The van der Waals surface area contributed by atoms with Gasteiger partial charge in [0.2, 0.25) is 0 Å². The van der Waals surface area contributed by atoms with E-state index in [1.54, 1.807) is 13.2 Å². The second-order valence-electron chi connectivity index (χ2n) is 6.24. The minimum Gasteiger partial charge on any atom is -0.484 e. The number of benzene rings is 1. The summed E-state index contributed by atoms with van der Waals surface area (Å²) >= 11 is 7.67. The van der Waals surface area contributed by atoms with Crippen LogP contribution in [0.15, 0.2) is 60.9 Å². The molecule has 0 bridgehead atoms. The van der Waals surface area contributed by atoms with Gasteiger partial charge in [0.05, 0.1) is 16.8 Å². The number of ether oxygens (including phenoxy) is 1. The zero-order chi connectivity index (χ0) is 19.7. The molecule has 0 radical (unpaired) electrons. The fraction of sp³-hybridized carbons (Fsp3) is 0.143. The number of amides is 1. The number of thiophene rings is 1. The summed E-state index contributed by atoms with van der Waals surface area (Å²) in [5, 5.41) is 3.32. The Morgan fingerprint density at radius 2 is 2.04 bits per heavy atom. The second kappa shape index (κ2) is 7.66. The average molecular weight is 412 g/mol. The summed E-state index contributed by atoms with van der Waals surface area (Å²) in [5.74, 6) is 0.337. The first-order valence-electron chi connectivity index (χ1n) is 8.78. The van der Waals surface area contributed by atoms with Crippen LogP contribution in [-0.2, 0) is 0 Å². The van der Waals surface area contributed by atoms with Gasteiger partial charge >= 0.3 is 0 Å². The molecule has 3 heterocycles. The summed E-state index contributed by atoms with van der Waals surface area (Å²) in [6, 6.07) is 15.3. The molecule has 1 atom stereocenters. The third-order valence-corrected chi connectivity index (χ3v) is 5.93. The van der Waals surface area contributed by atoms with Gasteiger partial charge in [0.1, 0.15) is 22.4 Å². The minimum absolute atomic E-state index is 0.188. The Kier molecular flexibility index (Phi) is 5.07. The van der Waals surface area contributed by atoms with Gasteiger partial charge in [-0.15, -0.1) is 11.3 Å². The topological polar surface area (TPSA) is 55.6 Å². The van der Waals surface area contributed by atoms with E-state index in [9.17, 15) is 4.79 Å². The number of imidazole rings is 1. The largest absolute Gasteiger partial charge is 0.484 e. The molecule has 4 rings (SSSR count). The lowest BCUT2D eigenvalue weighted by Gasteiger charge is -2.16. The van der Waals surface area contributed by atoms with Gasteiger partial charge in [0.25, 0.3) is 5.91 Å². The molecule has 0 saturated carbocycles. The summed E-state index contributed by atoms with van der Waals surface area (Å²) in [5.41, 5.74) is 2.62. The van der Waals surface area contributed by atoms with Crippen molar-refractivity contribution in [3.05, 3.63) is 76.4 Å². The zero-order valence-corrected chi connectivity index (χ0v) is 16.9. The zero-order valence-electron chi connectivity index (χ0n) is 15.3. The highest BCUT2D eigenvalue weighted by atomic mass is 35.5. The van der Waals surface area contributed by atoms with E-state index >= 15 is 0 Å². The molecular weight excluding hydrogens is 394 g/mol. The standard InChI is InChI=1S/C21H18ClN3O2S/c1-13(14-7-3-4-8-15(14)22)27-17-11-18(28-20(17)21(26)23-2)16-12-24-19-9-5-6-10-25(16)19/h3-13H,1-2H3,(H,23,26)/t13-/m0/s1. The van der Waals surface area contributed by atoms with Gasteiger partial charge in [-0.2, -0.15) is 0 Å². The first-order chi connectivity index (χ1) is 13.6. The number of pyridine rings is 1. The van der Waals surface area contributed by atoms with Crippen molar-refractivity contribution in [1.29, 1.82) is 0 Å². The van der Waals surface area contributed by atoms with E-state index in [1.165, 1.54) is 11.3 Å². The number of hydrogen-bond acceptors (Lipinski definition) is 4. The molecule has 0 aliphatic heterocycles. The summed E-state index contributed by atoms with van der Waals surface area (Å²) in [6.45, 7) is 1.92. The number of carbonyl (C=O) groups is 1. The van der Waals surface area contributed by atoms with Gasteiger partial charge in [-0.05, 0) is 25.1 Å². The van der Waals surface area contributed by atoms with Gasteiger partial charge < -0.3 is 10.1 Å². The van der Waals surface area contributed by atoms with Crippen molar-refractivity contribution < 1.29 is 9.53 Å². The van der Waals surface area contributed by atoms with E-state index < -0.39 is 0 Å². The first kappa shape index (κ1) is 18.5. The molecular formula is C21H18ClN3O2S. The van der Waals surface area contributed by atoms with Crippen LogP contribution in [-0.4, -0.2) is 22.3 Å². The number of nitrogens with zero attached hydrogens (tertiary/aromatic N) is 2. The predicted molar refractivity (Wildman–Crippen MR) is 112 cm³/mol. The molecule has 0 aliphatic carbocycles. The molecule has 0 spiro atoms. The maximum atomic E-state index is 12.4. The van der Waals surface area contributed by atoms with Crippen LogP contribution in [0.5, 0.6) is 5.75 Å². The average Bonchev–Trinajstić information content (AvgIpc) is 3.31. The van der Waals surface area contributed by atoms with Crippen LogP contribution in [0.1, 0.15) is 28.3 Å². The van der Waals surface area contributed by atoms with E-state index in [4.69, 9.17) is 16.3 Å². The third kappa shape index (κ3) is 3.37. The highest BCUT2D eigenvalue weighted by molar-refractivity contribution is 7.17. The van der Waals surface area contributed by atoms with E-state index in [-0.39, 0.29) is 12.0 Å². The molecule has 1 N–H and O–H groups in total. The van der Waals surface area contributed by atoms with Crippen LogP contribution in [0.2, 0.25) is 5.02 Å². The Morgan fingerprint density at radius 1 is 1.25 bits per heavy atom. The number of fused-ring (bicyclic) bond motifs is 1. The van der Waals surface area contributed by atoms with Crippen molar-refractivity contribution in [3.8, 4) is 16.3 Å². The predicted octanol–water partition coefficient (Wildman–Crippen LogP) is 5.22. The lowest BCUT2D eigenvalue weighted by atomic mass is 10.1. The fourth-order valence-corrected chi connectivity index (χ4v) is 4.37. The molecule has 3 aromatic heterocycles. The molecule has 142 valence electrons. The molecule has 0 saturated heterocycles. The summed E-state index contributed by atoms with van der Waals surface area (Å²) in [6.07, 6.45) is 3.45. The maximum absolute atomic E-state index is 12.4. The Labute approximate surface area is 171 Å². The van der Waals surface area contributed by atoms with Crippen LogP contribution in [0.25, 0.3) is 16.2 Å². The van der Waals surface area contributed by atoms with Crippen molar-refractivity contribution >= 4 is 34.5 Å². The monoisotopic (exact) mass is 411 g/mol. The van der Waals surface area contributed by atoms with E-state index in [2.05, 4.69) is 10.3 Å². The molecule has 4 aromatic rings. The molecule has 0 aliphatic rings. The Morgan fingerprint density at radius 3 is 2.82 bits per heavy atom. The SMILES string of the molecule is CNC(=O)c1sc(-c2cnc3ccccn23)cc1O[C@@H](C)c1ccccc1Cl. The van der Waals surface area contributed by atoms with Crippen molar-refractivity contribution in [2.45, 2.75) is 13.0 Å². The van der Waals surface area contributed by atoms with E-state index in [1.807, 2.05) is 66.1 Å². The van der Waals surface area contributed by atoms with Crippen LogP contribution in [0.3, 0.4) is 0 Å². The van der Waals surface area contributed by atoms with Crippen LogP contribution < -0.4 is 10.1 Å². The molecule has 28 heavy (non-hydrogen) atoms. The smallest absolute Gasteiger partial charge is 0.264 e. The summed E-state index contributed by atoms with van der Waals surface area (Å²) in [7, 11) is 1.61. The van der Waals surface area contributed by atoms with Gasteiger partial charge in [-0.1, -0.05) is 35.9 Å². The summed E-state index contributed by atoms with van der Waals surface area (Å²) < 4.78 is 8.15. The Bertz CT molecular complexity index is 1150. The van der Waals surface area contributed by atoms with E-state index in [0.29, 0.717) is 15.6 Å². The number of carbonyl (C=O) groups excluding carboxylic acids is 1. The number of hydrogen-bond donors (Lipinski definition) is 1. The van der Waals surface area contributed by atoms with Crippen molar-refractivity contribution in [2.75, 3.05) is 7.05 Å². The molecule has 7 heteroatoms. The van der Waals surface area contributed by atoms with Gasteiger partial charge in [-0.3, -0.25) is 9.20 Å². The highest BCUT2D eigenvalue weighted by Gasteiger charge is 2.22. The van der Waals surface area contributed by atoms with Crippen LogP contribution >= 0.6 is 22.9 Å². The quantitative estimate of drug-likeness (QED) is 0.490. The van der Waals surface area contributed by atoms with Crippen LogP contribution in [0.4, 0.5) is 0 Å². The lowest BCUT2D eigenvalue weighted by Crippen LogP contribution is -2.17. The number of rotatable bonds is 5. The second-order valence-corrected chi connectivity index (χ2v) is 7.70. The molecule has 1 amide bonds. The number of nitrogens with one attached hydrogen (secondary N) is 1. The third-order valence-electron chi connectivity index (χ3n) is 4.45. The molecule has 0 unspecified atom stereocenters. The fourth-order valence-electron chi connectivity index (χ4n) is 3.03. The van der Waals surface area contributed by atoms with Crippen molar-refractivity contribution in [1.82, 2.24) is 14.7 Å². The number of halogens is 1. The molecule has 0 fully saturated rings. The lowest BCUT2D eigenvalue weighted by molar-refractivity contribution is 0.0961. The first-order valence-corrected chi connectivity index (χ1v) is 9.97.